The van der Waals surface area contributed by atoms with Crippen molar-refractivity contribution >= 4 is 23.9 Å². The second-order valence-electron chi connectivity index (χ2n) is 3.78. The third-order valence-corrected chi connectivity index (χ3v) is 2.09. The third kappa shape index (κ3) is 8.69. The normalized spacial score (nSPS) is 11.2. The molecule has 0 aromatic heterocycles. The van der Waals surface area contributed by atoms with Crippen molar-refractivity contribution in [2.24, 2.45) is 5.73 Å². The summed E-state index contributed by atoms with van der Waals surface area (Å²) >= 11 is 0. The number of amides is 3. The van der Waals surface area contributed by atoms with Crippen LogP contribution in [-0.4, -0.2) is 59.8 Å². The fourth-order valence-corrected chi connectivity index (χ4v) is 1.18. The molecule has 0 radical (unpaired) electrons. The SMILES string of the molecule is NCCC(=O)NCCNC(=O)N[C@@H](CC(=O)O)C(=O)O. The topological polar surface area (TPSA) is 171 Å². The van der Waals surface area contributed by atoms with Gasteiger partial charge in [0.1, 0.15) is 6.04 Å². The Labute approximate surface area is 114 Å². The summed E-state index contributed by atoms with van der Waals surface area (Å²) in [7, 11) is 0. The lowest BCUT2D eigenvalue weighted by atomic mass is 10.2. The van der Waals surface area contributed by atoms with Gasteiger partial charge in [-0.25, -0.2) is 9.59 Å². The van der Waals surface area contributed by atoms with E-state index in [1.165, 1.54) is 0 Å². The van der Waals surface area contributed by atoms with Crippen molar-refractivity contribution < 1.29 is 29.4 Å². The molecule has 10 nitrogen and oxygen atoms in total. The summed E-state index contributed by atoms with van der Waals surface area (Å²) in [5, 5.41) is 23.9. The summed E-state index contributed by atoms with van der Waals surface area (Å²) in [6, 6.07) is -2.34. The number of nitrogens with two attached hydrogens (primary N) is 1. The van der Waals surface area contributed by atoms with Gasteiger partial charge in [0.15, 0.2) is 0 Å². The average Bonchev–Trinajstić information content (AvgIpc) is 2.33. The molecular formula is C10H18N4O6. The highest BCUT2D eigenvalue weighted by Gasteiger charge is 2.22. The molecule has 0 aromatic carbocycles. The third-order valence-electron chi connectivity index (χ3n) is 2.09. The summed E-state index contributed by atoms with van der Waals surface area (Å²) < 4.78 is 0. The quantitative estimate of drug-likeness (QED) is 0.259. The minimum Gasteiger partial charge on any atom is -0.481 e. The molecule has 0 spiro atoms. The molecule has 0 fully saturated rings. The Balaban J connectivity index is 3.94. The second-order valence-corrected chi connectivity index (χ2v) is 3.78. The van der Waals surface area contributed by atoms with Gasteiger partial charge in [0, 0.05) is 26.1 Å². The van der Waals surface area contributed by atoms with Crippen LogP contribution in [0.25, 0.3) is 0 Å². The summed E-state index contributed by atoms with van der Waals surface area (Å²) in [5.74, 6) is -3.05. The first-order valence-corrected chi connectivity index (χ1v) is 5.82. The maximum atomic E-state index is 11.3. The van der Waals surface area contributed by atoms with Crippen molar-refractivity contribution in [1.82, 2.24) is 16.0 Å². The van der Waals surface area contributed by atoms with E-state index in [-0.39, 0.29) is 32.0 Å². The van der Waals surface area contributed by atoms with Crippen molar-refractivity contribution in [2.75, 3.05) is 19.6 Å². The predicted molar refractivity (Wildman–Crippen MR) is 66.9 cm³/mol. The molecule has 0 aromatic rings. The van der Waals surface area contributed by atoms with Crippen molar-refractivity contribution in [3.63, 3.8) is 0 Å². The molecule has 0 rings (SSSR count). The van der Waals surface area contributed by atoms with Gasteiger partial charge in [-0.05, 0) is 0 Å². The molecule has 0 bridgehead atoms. The van der Waals surface area contributed by atoms with E-state index in [0.717, 1.165) is 0 Å². The molecule has 0 aliphatic rings. The van der Waals surface area contributed by atoms with Crippen molar-refractivity contribution in [1.29, 1.82) is 0 Å². The molecule has 3 amide bonds. The second kappa shape index (κ2) is 9.55. The van der Waals surface area contributed by atoms with Crippen LogP contribution >= 0.6 is 0 Å². The van der Waals surface area contributed by atoms with Crippen molar-refractivity contribution in [3.05, 3.63) is 0 Å². The lowest BCUT2D eigenvalue weighted by Crippen LogP contribution is -2.48. The number of carbonyl (C=O) groups is 4. The van der Waals surface area contributed by atoms with E-state index in [9.17, 15) is 19.2 Å². The molecule has 0 saturated carbocycles. The minimum absolute atomic E-state index is 0.0710. The molecule has 0 saturated heterocycles. The first kappa shape index (κ1) is 17.6. The van der Waals surface area contributed by atoms with Gasteiger partial charge in [-0.3, -0.25) is 9.59 Å². The Kier molecular flexibility index (Phi) is 8.43. The fraction of sp³-hybridized carbons (Fsp3) is 0.600. The predicted octanol–water partition coefficient (Wildman–Crippen LogP) is -2.32. The number of carboxylic acid groups (broad SMARTS) is 2. The number of carbonyl (C=O) groups excluding carboxylic acids is 2. The molecule has 114 valence electrons. The van der Waals surface area contributed by atoms with E-state index >= 15 is 0 Å². The van der Waals surface area contributed by atoms with Crippen LogP contribution in [0.15, 0.2) is 0 Å². The maximum absolute atomic E-state index is 11.3. The van der Waals surface area contributed by atoms with Crippen LogP contribution in [0.4, 0.5) is 4.79 Å². The largest absolute Gasteiger partial charge is 0.481 e. The van der Waals surface area contributed by atoms with Crippen LogP contribution in [0.1, 0.15) is 12.8 Å². The molecule has 0 heterocycles. The number of nitrogens with one attached hydrogen (secondary N) is 3. The summed E-state index contributed by atoms with van der Waals surface area (Å²) in [6.07, 6.45) is -0.554. The highest BCUT2D eigenvalue weighted by Crippen LogP contribution is 1.92. The van der Waals surface area contributed by atoms with Gasteiger partial charge in [0.25, 0.3) is 0 Å². The Bertz CT molecular complexity index is 373. The Morgan fingerprint density at radius 1 is 1.05 bits per heavy atom. The summed E-state index contributed by atoms with van der Waals surface area (Å²) in [4.78, 5) is 43.4. The van der Waals surface area contributed by atoms with E-state index in [0.29, 0.717) is 0 Å². The highest BCUT2D eigenvalue weighted by molar-refractivity contribution is 5.86. The van der Waals surface area contributed by atoms with E-state index in [2.05, 4.69) is 10.6 Å². The first-order valence-electron chi connectivity index (χ1n) is 5.82. The lowest BCUT2D eigenvalue weighted by Gasteiger charge is -2.13. The zero-order valence-corrected chi connectivity index (χ0v) is 10.7. The standard InChI is InChI=1S/C10H18N4O6/c11-2-1-7(15)12-3-4-13-10(20)14-6(9(18)19)5-8(16)17/h6H,1-5,11H2,(H,12,15)(H,16,17)(H,18,19)(H2,13,14,20)/t6-/m0/s1. The Morgan fingerprint density at radius 2 is 1.65 bits per heavy atom. The summed E-state index contributed by atoms with van der Waals surface area (Å²) in [5.41, 5.74) is 5.16. The molecule has 0 unspecified atom stereocenters. The van der Waals surface area contributed by atoms with Crippen molar-refractivity contribution in [2.45, 2.75) is 18.9 Å². The van der Waals surface area contributed by atoms with Gasteiger partial charge < -0.3 is 31.9 Å². The van der Waals surface area contributed by atoms with Crippen LogP contribution in [-0.2, 0) is 14.4 Å². The molecule has 10 heteroatoms. The number of hydrogen-bond acceptors (Lipinski definition) is 5. The van der Waals surface area contributed by atoms with E-state index in [4.69, 9.17) is 15.9 Å². The average molecular weight is 290 g/mol. The van der Waals surface area contributed by atoms with Gasteiger partial charge in [0.05, 0.1) is 6.42 Å². The maximum Gasteiger partial charge on any atom is 0.326 e. The Hall–Kier alpha value is -2.36. The van der Waals surface area contributed by atoms with Gasteiger partial charge in [-0.15, -0.1) is 0 Å². The van der Waals surface area contributed by atoms with Crippen LogP contribution < -0.4 is 21.7 Å². The first-order chi connectivity index (χ1) is 9.36. The fourth-order valence-electron chi connectivity index (χ4n) is 1.18. The van der Waals surface area contributed by atoms with Gasteiger partial charge >= 0.3 is 18.0 Å². The number of hydrogen-bond donors (Lipinski definition) is 6. The number of rotatable bonds is 9. The number of aliphatic carboxylic acids is 2. The molecule has 0 aliphatic carbocycles. The zero-order chi connectivity index (χ0) is 15.5. The van der Waals surface area contributed by atoms with Gasteiger partial charge in [0.2, 0.25) is 5.91 Å². The number of urea groups is 1. The highest BCUT2D eigenvalue weighted by atomic mass is 16.4. The van der Waals surface area contributed by atoms with E-state index in [1.54, 1.807) is 0 Å². The van der Waals surface area contributed by atoms with E-state index in [1.807, 2.05) is 5.32 Å². The zero-order valence-electron chi connectivity index (χ0n) is 10.7. The molecular weight excluding hydrogens is 272 g/mol. The van der Waals surface area contributed by atoms with E-state index < -0.39 is 30.4 Å². The molecule has 7 N–H and O–H groups in total. The van der Waals surface area contributed by atoms with Crippen LogP contribution in [0.3, 0.4) is 0 Å². The van der Waals surface area contributed by atoms with Crippen LogP contribution in [0.5, 0.6) is 0 Å². The molecule has 1 atom stereocenters. The Morgan fingerprint density at radius 3 is 2.15 bits per heavy atom. The van der Waals surface area contributed by atoms with Crippen LogP contribution in [0.2, 0.25) is 0 Å². The van der Waals surface area contributed by atoms with Crippen molar-refractivity contribution in [3.8, 4) is 0 Å². The number of carboxylic acids is 2. The molecule has 20 heavy (non-hydrogen) atoms. The van der Waals surface area contributed by atoms with Gasteiger partial charge in [-0.2, -0.15) is 0 Å². The van der Waals surface area contributed by atoms with Crippen LogP contribution in [0, 0.1) is 0 Å². The smallest absolute Gasteiger partial charge is 0.326 e. The van der Waals surface area contributed by atoms with Gasteiger partial charge in [-0.1, -0.05) is 0 Å². The molecule has 0 aliphatic heterocycles. The summed E-state index contributed by atoms with van der Waals surface area (Å²) in [6.45, 7) is 0.444. The lowest BCUT2D eigenvalue weighted by molar-refractivity contribution is -0.145. The minimum atomic E-state index is -1.51. The monoisotopic (exact) mass is 290 g/mol.